The van der Waals surface area contributed by atoms with Crippen molar-refractivity contribution in [1.29, 1.82) is 0 Å². The van der Waals surface area contributed by atoms with Crippen molar-refractivity contribution >= 4 is 5.78 Å². The van der Waals surface area contributed by atoms with Gasteiger partial charge in [0.1, 0.15) is 11.5 Å². The number of ether oxygens (including phenoxy) is 1. The smallest absolute Gasteiger partial charge is 0.159 e. The number of allylic oxidation sites excluding steroid dienone is 6. The maximum Gasteiger partial charge on any atom is 0.159 e. The van der Waals surface area contributed by atoms with E-state index in [9.17, 15) is 20.1 Å². The molecule has 33 heavy (non-hydrogen) atoms. The summed E-state index contributed by atoms with van der Waals surface area (Å²) in [6.07, 6.45) is 8.98. The number of aliphatic hydroxyl groups is 2. The molecular weight excluding hydrogens is 416 g/mol. The van der Waals surface area contributed by atoms with Gasteiger partial charge in [-0.25, -0.2) is 0 Å². The van der Waals surface area contributed by atoms with Gasteiger partial charge in [0.2, 0.25) is 0 Å². The molecule has 1 atom stereocenters. The second-order valence-electron chi connectivity index (χ2n) is 9.64. The van der Waals surface area contributed by atoms with Crippen LogP contribution in [0.1, 0.15) is 77.8 Å². The number of hydrogen-bond acceptors (Lipinski definition) is 5. The molecule has 0 heterocycles. The minimum absolute atomic E-state index is 0.0781. The number of benzene rings is 1. The fraction of sp³-hybridized carbons (Fsp3) is 0.536. The molecule has 0 aliphatic carbocycles. The van der Waals surface area contributed by atoms with Crippen molar-refractivity contribution in [1.82, 2.24) is 0 Å². The highest BCUT2D eigenvalue weighted by atomic mass is 16.5. The van der Waals surface area contributed by atoms with Crippen LogP contribution >= 0.6 is 0 Å². The molecule has 0 spiro atoms. The summed E-state index contributed by atoms with van der Waals surface area (Å²) in [5.74, 6) is 1.05. The van der Waals surface area contributed by atoms with Crippen LogP contribution in [0.5, 0.6) is 11.5 Å². The molecule has 0 amide bonds. The second kappa shape index (κ2) is 13.4. The summed E-state index contributed by atoms with van der Waals surface area (Å²) in [4.78, 5) is 12.4. The van der Waals surface area contributed by atoms with E-state index in [0.717, 1.165) is 47.3 Å². The predicted octanol–water partition coefficient (Wildman–Crippen LogP) is 5.74. The molecule has 1 aromatic rings. The molecule has 0 radical (unpaired) electrons. The van der Waals surface area contributed by atoms with Gasteiger partial charge in [-0.3, -0.25) is 4.79 Å². The SMILES string of the molecule is COc1c(C)cc(O)cc1C/C=C(\C)CC(=O)/C=C(\C)CC/C=C(\C)CCC(O)C(C)(C)O. The molecular formula is C28H42O5. The molecule has 0 bridgehead atoms. The van der Waals surface area contributed by atoms with Crippen LogP contribution in [0.4, 0.5) is 0 Å². The molecule has 0 aromatic heterocycles. The van der Waals surface area contributed by atoms with Crippen molar-refractivity contribution in [2.45, 2.75) is 91.8 Å². The lowest BCUT2D eigenvalue weighted by atomic mass is 9.95. The Hall–Kier alpha value is -2.37. The minimum Gasteiger partial charge on any atom is -0.508 e. The van der Waals surface area contributed by atoms with Gasteiger partial charge in [0.25, 0.3) is 0 Å². The lowest BCUT2D eigenvalue weighted by Crippen LogP contribution is -2.35. The monoisotopic (exact) mass is 458 g/mol. The molecule has 0 saturated heterocycles. The number of carbonyl (C=O) groups is 1. The average Bonchev–Trinajstić information content (AvgIpc) is 2.69. The van der Waals surface area contributed by atoms with E-state index in [2.05, 4.69) is 6.08 Å². The van der Waals surface area contributed by atoms with Gasteiger partial charge >= 0.3 is 0 Å². The quantitative estimate of drug-likeness (QED) is 0.259. The fourth-order valence-corrected chi connectivity index (χ4v) is 3.67. The second-order valence-corrected chi connectivity index (χ2v) is 9.64. The van der Waals surface area contributed by atoms with E-state index < -0.39 is 11.7 Å². The number of methoxy groups -OCH3 is 1. The summed E-state index contributed by atoms with van der Waals surface area (Å²) in [5, 5.41) is 29.6. The van der Waals surface area contributed by atoms with E-state index >= 15 is 0 Å². The third kappa shape index (κ3) is 10.9. The van der Waals surface area contributed by atoms with Crippen molar-refractivity contribution in [3.8, 4) is 11.5 Å². The number of phenolic OH excluding ortho intramolecular Hbond substituents is 1. The number of aromatic hydroxyl groups is 1. The zero-order chi connectivity index (χ0) is 25.2. The predicted molar refractivity (Wildman–Crippen MR) is 135 cm³/mol. The van der Waals surface area contributed by atoms with E-state index in [-0.39, 0.29) is 11.5 Å². The van der Waals surface area contributed by atoms with E-state index in [1.807, 2.05) is 33.8 Å². The maximum atomic E-state index is 12.4. The van der Waals surface area contributed by atoms with Crippen LogP contribution in [-0.2, 0) is 11.2 Å². The van der Waals surface area contributed by atoms with E-state index in [0.29, 0.717) is 19.3 Å². The zero-order valence-electron chi connectivity index (χ0n) is 21.4. The third-order valence-corrected chi connectivity index (χ3v) is 5.73. The van der Waals surface area contributed by atoms with Crippen LogP contribution in [0, 0.1) is 6.92 Å². The number of rotatable bonds is 13. The molecule has 5 nitrogen and oxygen atoms in total. The number of hydrogen-bond donors (Lipinski definition) is 3. The number of ketones is 1. The lowest BCUT2D eigenvalue weighted by Gasteiger charge is -2.24. The van der Waals surface area contributed by atoms with Crippen molar-refractivity contribution in [3.63, 3.8) is 0 Å². The van der Waals surface area contributed by atoms with Gasteiger partial charge in [0.15, 0.2) is 5.78 Å². The number of phenols is 1. The van der Waals surface area contributed by atoms with Crippen molar-refractivity contribution in [3.05, 3.63) is 58.2 Å². The van der Waals surface area contributed by atoms with Gasteiger partial charge in [-0.1, -0.05) is 28.9 Å². The van der Waals surface area contributed by atoms with Crippen LogP contribution in [-0.4, -0.2) is 39.9 Å². The van der Waals surface area contributed by atoms with Crippen LogP contribution in [0.25, 0.3) is 0 Å². The first-order chi connectivity index (χ1) is 15.3. The van der Waals surface area contributed by atoms with Crippen LogP contribution < -0.4 is 4.74 Å². The first-order valence-corrected chi connectivity index (χ1v) is 11.6. The molecule has 184 valence electrons. The Morgan fingerprint density at radius 3 is 2.36 bits per heavy atom. The molecule has 5 heteroatoms. The Labute approximate surface area is 199 Å². The van der Waals surface area contributed by atoms with Gasteiger partial charge < -0.3 is 20.1 Å². The topological polar surface area (TPSA) is 87.0 Å². The Bertz CT molecular complexity index is 884. The highest BCUT2D eigenvalue weighted by Gasteiger charge is 2.23. The van der Waals surface area contributed by atoms with Gasteiger partial charge in [-0.15, -0.1) is 0 Å². The summed E-state index contributed by atoms with van der Waals surface area (Å²) >= 11 is 0. The third-order valence-electron chi connectivity index (χ3n) is 5.73. The van der Waals surface area contributed by atoms with Gasteiger partial charge in [0, 0.05) is 12.0 Å². The normalized spacial score (nSPS) is 14.4. The molecule has 1 unspecified atom stereocenters. The Balaban J connectivity index is 2.55. The standard InChI is InChI=1S/C28H42O5/c1-19(12-14-26(31)28(5,6)32)9-8-10-20(2)15-24(29)16-21(3)11-13-23-18-25(30)17-22(4)27(23)33-7/h9,11,15,17-18,26,30-32H,8,10,12-14,16H2,1-7H3/b19-9+,20-15+,21-11+. The number of aliphatic hydroxyl groups excluding tert-OH is 1. The largest absolute Gasteiger partial charge is 0.508 e. The van der Waals surface area contributed by atoms with Crippen LogP contribution in [0.3, 0.4) is 0 Å². The summed E-state index contributed by atoms with van der Waals surface area (Å²) in [5.41, 5.74) is 3.89. The van der Waals surface area contributed by atoms with E-state index in [1.165, 1.54) is 5.57 Å². The molecule has 0 fully saturated rings. The van der Waals surface area contributed by atoms with Crippen LogP contribution in [0.15, 0.2) is 47.1 Å². The average molecular weight is 459 g/mol. The summed E-state index contributed by atoms with van der Waals surface area (Å²) in [6, 6.07) is 3.37. The van der Waals surface area contributed by atoms with Crippen LogP contribution in [0.2, 0.25) is 0 Å². The molecule has 3 N–H and O–H groups in total. The van der Waals surface area contributed by atoms with Gasteiger partial charge in [0.05, 0.1) is 18.8 Å². The molecule has 1 rings (SSSR count). The Morgan fingerprint density at radius 2 is 1.76 bits per heavy atom. The first-order valence-electron chi connectivity index (χ1n) is 11.6. The zero-order valence-corrected chi connectivity index (χ0v) is 21.4. The van der Waals surface area contributed by atoms with E-state index in [1.54, 1.807) is 39.2 Å². The fourth-order valence-electron chi connectivity index (χ4n) is 3.67. The summed E-state index contributed by atoms with van der Waals surface area (Å²) in [6.45, 7) is 11.1. The lowest BCUT2D eigenvalue weighted by molar-refractivity contribution is -0.114. The Kier molecular flexibility index (Phi) is 11.6. The molecule has 1 aromatic carbocycles. The molecule has 0 saturated carbocycles. The van der Waals surface area contributed by atoms with Gasteiger partial charge in [-0.2, -0.15) is 0 Å². The minimum atomic E-state index is -1.08. The first kappa shape index (κ1) is 28.7. The van der Waals surface area contributed by atoms with E-state index in [4.69, 9.17) is 4.74 Å². The van der Waals surface area contributed by atoms with Crippen molar-refractivity contribution < 1.29 is 24.9 Å². The number of carbonyl (C=O) groups excluding carboxylic acids is 1. The molecule has 0 aliphatic rings. The summed E-state index contributed by atoms with van der Waals surface area (Å²) in [7, 11) is 1.62. The summed E-state index contributed by atoms with van der Waals surface area (Å²) < 4.78 is 5.45. The highest BCUT2D eigenvalue weighted by Crippen LogP contribution is 2.29. The number of aryl methyl sites for hydroxylation is 1. The highest BCUT2D eigenvalue weighted by molar-refractivity contribution is 5.91. The van der Waals surface area contributed by atoms with Crippen molar-refractivity contribution in [2.75, 3.05) is 7.11 Å². The van der Waals surface area contributed by atoms with Crippen molar-refractivity contribution in [2.24, 2.45) is 0 Å². The van der Waals surface area contributed by atoms with Gasteiger partial charge in [-0.05, 0) is 97.4 Å². The maximum absolute atomic E-state index is 12.4. The molecule has 0 aliphatic heterocycles. The Morgan fingerprint density at radius 1 is 1.09 bits per heavy atom.